The average Bonchev–Trinajstić information content (AvgIpc) is 2.40. The van der Waals surface area contributed by atoms with Gasteiger partial charge in [0.15, 0.2) is 0 Å². The number of carbonyl (C=O) groups excluding carboxylic acids is 1. The fourth-order valence-electron chi connectivity index (χ4n) is 1.86. The average molecular weight is 263 g/mol. The van der Waals surface area contributed by atoms with Gasteiger partial charge in [-0.25, -0.2) is 4.98 Å². The van der Waals surface area contributed by atoms with Gasteiger partial charge in [0.05, 0.1) is 11.9 Å². The summed E-state index contributed by atoms with van der Waals surface area (Å²) < 4.78 is 0. The molecule has 0 atom stereocenters. The minimum absolute atomic E-state index is 0.0910. The van der Waals surface area contributed by atoms with Crippen molar-refractivity contribution >= 4 is 11.6 Å². The predicted molar refractivity (Wildman–Crippen MR) is 79.6 cm³/mol. The molecule has 1 amide bonds. The van der Waals surface area contributed by atoms with E-state index in [2.05, 4.69) is 42.9 Å². The van der Waals surface area contributed by atoms with E-state index in [0.29, 0.717) is 18.2 Å². The van der Waals surface area contributed by atoms with E-state index in [9.17, 15) is 4.79 Å². The van der Waals surface area contributed by atoms with Gasteiger partial charge >= 0.3 is 0 Å². The molecule has 4 heteroatoms. The Labute approximate surface area is 116 Å². The minimum atomic E-state index is -0.0910. The Balaban J connectivity index is 2.58. The lowest BCUT2D eigenvalue weighted by Gasteiger charge is -2.20. The molecule has 0 fully saturated rings. The van der Waals surface area contributed by atoms with Crippen LogP contribution < -0.4 is 10.2 Å². The molecule has 0 unspecified atom stereocenters. The number of nitrogens with zero attached hydrogens (tertiary/aromatic N) is 2. The van der Waals surface area contributed by atoms with E-state index in [0.717, 1.165) is 25.2 Å². The summed E-state index contributed by atoms with van der Waals surface area (Å²) in [5.41, 5.74) is 1.54. The molecule has 0 saturated heterocycles. The molecule has 1 aromatic rings. The Kier molecular flexibility index (Phi) is 6.33. The summed E-state index contributed by atoms with van der Waals surface area (Å²) in [5.74, 6) is 0.505. The Morgan fingerprint density at radius 1 is 1.32 bits per heavy atom. The summed E-state index contributed by atoms with van der Waals surface area (Å²) in [7, 11) is 0. The van der Waals surface area contributed by atoms with Crippen molar-refractivity contribution in [3.8, 4) is 0 Å². The van der Waals surface area contributed by atoms with E-state index >= 15 is 0 Å². The third-order valence-electron chi connectivity index (χ3n) is 3.12. The molecule has 0 saturated carbocycles. The van der Waals surface area contributed by atoms with E-state index in [1.54, 1.807) is 12.3 Å². The maximum atomic E-state index is 11.9. The van der Waals surface area contributed by atoms with Crippen molar-refractivity contribution in [2.45, 2.75) is 34.1 Å². The molecule has 0 aliphatic heterocycles. The molecule has 0 aliphatic rings. The molecule has 1 aromatic heterocycles. The third kappa shape index (κ3) is 4.89. The SMILES string of the molecule is CCN(CC)c1ccc(C(=O)NCCC(C)C)nc1. The fraction of sp³-hybridized carbons (Fsp3) is 0.600. The number of aromatic nitrogens is 1. The summed E-state index contributed by atoms with van der Waals surface area (Å²) in [5, 5.41) is 2.89. The van der Waals surface area contributed by atoms with Gasteiger partial charge in [0, 0.05) is 19.6 Å². The molecule has 19 heavy (non-hydrogen) atoms. The summed E-state index contributed by atoms with van der Waals surface area (Å²) in [6.07, 6.45) is 2.76. The van der Waals surface area contributed by atoms with Gasteiger partial charge in [-0.3, -0.25) is 4.79 Å². The molecule has 0 radical (unpaired) electrons. The highest BCUT2D eigenvalue weighted by molar-refractivity contribution is 5.92. The number of hydrogen-bond acceptors (Lipinski definition) is 3. The lowest BCUT2D eigenvalue weighted by atomic mass is 10.1. The second-order valence-electron chi connectivity index (χ2n) is 5.01. The van der Waals surface area contributed by atoms with Crippen LogP contribution in [-0.4, -0.2) is 30.5 Å². The number of carbonyl (C=O) groups is 1. The normalized spacial score (nSPS) is 10.6. The van der Waals surface area contributed by atoms with E-state index in [4.69, 9.17) is 0 Å². The van der Waals surface area contributed by atoms with Gasteiger partial charge in [0.25, 0.3) is 5.91 Å². The van der Waals surface area contributed by atoms with Gasteiger partial charge < -0.3 is 10.2 Å². The number of pyridine rings is 1. The van der Waals surface area contributed by atoms with Crippen LogP contribution in [0.2, 0.25) is 0 Å². The smallest absolute Gasteiger partial charge is 0.269 e. The van der Waals surface area contributed by atoms with Crippen molar-refractivity contribution in [2.24, 2.45) is 5.92 Å². The van der Waals surface area contributed by atoms with E-state index in [1.807, 2.05) is 6.07 Å². The number of rotatable bonds is 7. The molecule has 0 aromatic carbocycles. The van der Waals surface area contributed by atoms with Gasteiger partial charge in [0.2, 0.25) is 0 Å². The van der Waals surface area contributed by atoms with Crippen molar-refractivity contribution in [3.05, 3.63) is 24.0 Å². The van der Waals surface area contributed by atoms with Gasteiger partial charge in [0.1, 0.15) is 5.69 Å². The molecule has 106 valence electrons. The molecule has 0 bridgehead atoms. The lowest BCUT2D eigenvalue weighted by Crippen LogP contribution is -2.26. The monoisotopic (exact) mass is 263 g/mol. The van der Waals surface area contributed by atoms with Gasteiger partial charge in [-0.2, -0.15) is 0 Å². The second kappa shape index (κ2) is 7.77. The zero-order chi connectivity index (χ0) is 14.3. The number of nitrogens with one attached hydrogen (secondary N) is 1. The summed E-state index contributed by atoms with van der Waals surface area (Å²) in [4.78, 5) is 18.3. The lowest BCUT2D eigenvalue weighted by molar-refractivity contribution is 0.0947. The first-order chi connectivity index (χ1) is 9.08. The molecule has 0 aliphatic carbocycles. The summed E-state index contributed by atoms with van der Waals surface area (Å²) in [6, 6.07) is 3.75. The molecular weight excluding hydrogens is 238 g/mol. The molecule has 0 spiro atoms. The molecule has 1 rings (SSSR count). The van der Waals surface area contributed by atoms with Crippen LogP contribution in [0.5, 0.6) is 0 Å². The van der Waals surface area contributed by atoms with E-state index in [1.165, 1.54) is 0 Å². The number of amides is 1. The van der Waals surface area contributed by atoms with Crippen molar-refractivity contribution in [2.75, 3.05) is 24.5 Å². The van der Waals surface area contributed by atoms with Crippen molar-refractivity contribution in [1.29, 1.82) is 0 Å². The summed E-state index contributed by atoms with van der Waals surface area (Å²) in [6.45, 7) is 11.1. The Morgan fingerprint density at radius 3 is 2.47 bits per heavy atom. The predicted octanol–water partition coefficient (Wildman–Crippen LogP) is 2.70. The van der Waals surface area contributed by atoms with Crippen LogP contribution in [0.4, 0.5) is 5.69 Å². The quantitative estimate of drug-likeness (QED) is 0.822. The van der Waals surface area contributed by atoms with Crippen LogP contribution >= 0.6 is 0 Å². The van der Waals surface area contributed by atoms with Crippen LogP contribution in [0.15, 0.2) is 18.3 Å². The minimum Gasteiger partial charge on any atom is -0.371 e. The highest BCUT2D eigenvalue weighted by Crippen LogP contribution is 2.12. The molecule has 1 N–H and O–H groups in total. The van der Waals surface area contributed by atoms with E-state index < -0.39 is 0 Å². The van der Waals surface area contributed by atoms with Crippen molar-refractivity contribution in [1.82, 2.24) is 10.3 Å². The van der Waals surface area contributed by atoms with Crippen molar-refractivity contribution in [3.63, 3.8) is 0 Å². The second-order valence-corrected chi connectivity index (χ2v) is 5.01. The van der Waals surface area contributed by atoms with Crippen LogP contribution in [0.25, 0.3) is 0 Å². The van der Waals surface area contributed by atoms with Gasteiger partial charge in [-0.15, -0.1) is 0 Å². The van der Waals surface area contributed by atoms with Crippen LogP contribution in [0.1, 0.15) is 44.6 Å². The zero-order valence-corrected chi connectivity index (χ0v) is 12.4. The van der Waals surface area contributed by atoms with Crippen molar-refractivity contribution < 1.29 is 4.79 Å². The largest absolute Gasteiger partial charge is 0.371 e. The van der Waals surface area contributed by atoms with Gasteiger partial charge in [-0.1, -0.05) is 13.8 Å². The third-order valence-corrected chi connectivity index (χ3v) is 3.12. The highest BCUT2D eigenvalue weighted by atomic mass is 16.1. The zero-order valence-electron chi connectivity index (χ0n) is 12.4. The fourth-order valence-corrected chi connectivity index (χ4v) is 1.86. The van der Waals surface area contributed by atoms with Crippen LogP contribution in [0.3, 0.4) is 0 Å². The number of hydrogen-bond donors (Lipinski definition) is 1. The molecule has 4 nitrogen and oxygen atoms in total. The number of anilines is 1. The van der Waals surface area contributed by atoms with Crippen LogP contribution in [0, 0.1) is 5.92 Å². The Hall–Kier alpha value is -1.58. The first-order valence-electron chi connectivity index (χ1n) is 7.07. The first kappa shape index (κ1) is 15.5. The highest BCUT2D eigenvalue weighted by Gasteiger charge is 2.08. The van der Waals surface area contributed by atoms with Crippen LogP contribution in [-0.2, 0) is 0 Å². The Bertz CT molecular complexity index is 383. The molecule has 1 heterocycles. The standard InChI is InChI=1S/C15H25N3O/c1-5-18(6-2)13-7-8-14(17-11-13)15(19)16-10-9-12(3)4/h7-8,11-12H,5-6,9-10H2,1-4H3,(H,16,19). The maximum absolute atomic E-state index is 11.9. The summed E-state index contributed by atoms with van der Waals surface area (Å²) >= 11 is 0. The topological polar surface area (TPSA) is 45.2 Å². The van der Waals surface area contributed by atoms with E-state index in [-0.39, 0.29) is 5.91 Å². The molecular formula is C15H25N3O. The first-order valence-corrected chi connectivity index (χ1v) is 7.07. The maximum Gasteiger partial charge on any atom is 0.269 e. The van der Waals surface area contributed by atoms with Gasteiger partial charge in [-0.05, 0) is 38.3 Å². The Morgan fingerprint density at radius 2 is 2.00 bits per heavy atom.